The van der Waals surface area contributed by atoms with Crippen molar-refractivity contribution in [2.45, 2.75) is 13.5 Å². The Kier molecular flexibility index (Phi) is 7.09. The van der Waals surface area contributed by atoms with Crippen LogP contribution < -0.4 is 9.47 Å². The Morgan fingerprint density at radius 2 is 1.79 bits per heavy atom. The highest BCUT2D eigenvalue weighted by Gasteiger charge is 2.21. The number of hydrogen-bond donors (Lipinski definition) is 0. The summed E-state index contributed by atoms with van der Waals surface area (Å²) in [5.74, 6) is 1.24. The average molecular weight is 380 g/mol. The highest BCUT2D eigenvalue weighted by Crippen LogP contribution is 2.28. The normalized spacial score (nSPS) is 15.0. The summed E-state index contributed by atoms with van der Waals surface area (Å²) < 4.78 is 11.1. The van der Waals surface area contributed by atoms with Crippen LogP contribution in [0.1, 0.15) is 18.1 Å². The molecule has 0 aromatic heterocycles. The molecule has 1 amide bonds. The molecule has 2 aromatic carbocycles. The molecular weight excluding hydrogens is 352 g/mol. The molecular formula is C23H28N2O3. The first-order chi connectivity index (χ1) is 13.7. The standard InChI is InChI=1S/C23H28N2O3/c1-3-7-19-10-11-21(22(16-19)27-2)28-18-23(26)25-14-12-24(13-15-25)17-20-8-5-4-6-9-20/h3-11,16H,12-15,17-18H2,1-2H3. The Morgan fingerprint density at radius 1 is 1.04 bits per heavy atom. The molecule has 0 spiro atoms. The first-order valence-electron chi connectivity index (χ1n) is 9.67. The Labute approximate surface area is 167 Å². The Balaban J connectivity index is 1.48. The van der Waals surface area contributed by atoms with E-state index in [9.17, 15) is 4.79 Å². The third-order valence-electron chi connectivity index (χ3n) is 4.87. The lowest BCUT2D eigenvalue weighted by molar-refractivity contribution is -0.135. The van der Waals surface area contributed by atoms with E-state index in [1.165, 1.54) is 5.56 Å². The van der Waals surface area contributed by atoms with Crippen LogP contribution in [0.25, 0.3) is 6.08 Å². The number of carbonyl (C=O) groups excluding carboxylic acids is 1. The lowest BCUT2D eigenvalue weighted by atomic mass is 10.2. The van der Waals surface area contributed by atoms with Crippen molar-refractivity contribution in [1.82, 2.24) is 9.80 Å². The lowest BCUT2D eigenvalue weighted by Gasteiger charge is -2.34. The number of rotatable bonds is 7. The molecule has 0 saturated carbocycles. The first kappa shape index (κ1) is 20.0. The summed E-state index contributed by atoms with van der Waals surface area (Å²) in [4.78, 5) is 16.8. The molecule has 0 bridgehead atoms. The quantitative estimate of drug-likeness (QED) is 0.738. The zero-order chi connectivity index (χ0) is 19.8. The molecule has 0 unspecified atom stereocenters. The maximum Gasteiger partial charge on any atom is 0.260 e. The van der Waals surface area contributed by atoms with Crippen LogP contribution in [0.5, 0.6) is 11.5 Å². The second-order valence-corrected chi connectivity index (χ2v) is 6.84. The third kappa shape index (κ3) is 5.36. The van der Waals surface area contributed by atoms with Crippen LogP contribution in [-0.2, 0) is 11.3 Å². The number of amides is 1. The molecule has 2 aromatic rings. The zero-order valence-corrected chi connectivity index (χ0v) is 16.6. The van der Waals surface area contributed by atoms with Gasteiger partial charge in [0.1, 0.15) is 0 Å². The molecule has 1 fully saturated rings. The van der Waals surface area contributed by atoms with E-state index in [2.05, 4.69) is 29.2 Å². The topological polar surface area (TPSA) is 42.0 Å². The Bertz CT molecular complexity index is 797. The number of ether oxygens (including phenoxy) is 2. The van der Waals surface area contributed by atoms with Crippen molar-refractivity contribution in [3.05, 3.63) is 65.7 Å². The summed E-state index contributed by atoms with van der Waals surface area (Å²) in [6.07, 6.45) is 3.96. The highest BCUT2D eigenvalue weighted by molar-refractivity contribution is 5.78. The van der Waals surface area contributed by atoms with Gasteiger partial charge in [-0.3, -0.25) is 9.69 Å². The van der Waals surface area contributed by atoms with E-state index in [4.69, 9.17) is 9.47 Å². The van der Waals surface area contributed by atoms with E-state index in [1.807, 2.05) is 48.2 Å². The van der Waals surface area contributed by atoms with Gasteiger partial charge in [0.05, 0.1) is 7.11 Å². The molecule has 0 radical (unpaired) electrons. The molecule has 5 heteroatoms. The number of piperazine rings is 1. The summed E-state index contributed by atoms with van der Waals surface area (Å²) >= 11 is 0. The largest absolute Gasteiger partial charge is 0.493 e. The number of methoxy groups -OCH3 is 1. The van der Waals surface area contributed by atoms with Crippen molar-refractivity contribution < 1.29 is 14.3 Å². The molecule has 0 atom stereocenters. The molecule has 28 heavy (non-hydrogen) atoms. The van der Waals surface area contributed by atoms with Gasteiger partial charge in [0.2, 0.25) is 0 Å². The number of hydrogen-bond acceptors (Lipinski definition) is 4. The van der Waals surface area contributed by atoms with Gasteiger partial charge in [0, 0.05) is 32.7 Å². The summed E-state index contributed by atoms with van der Waals surface area (Å²) in [5, 5.41) is 0. The summed E-state index contributed by atoms with van der Waals surface area (Å²) in [6.45, 7) is 6.13. The SMILES string of the molecule is CC=Cc1ccc(OCC(=O)N2CCN(Cc3ccccc3)CC2)c(OC)c1. The molecule has 0 aliphatic carbocycles. The molecule has 1 heterocycles. The van der Waals surface area contributed by atoms with E-state index >= 15 is 0 Å². The van der Waals surface area contributed by atoms with Crippen LogP contribution in [0, 0.1) is 0 Å². The van der Waals surface area contributed by atoms with E-state index in [0.717, 1.165) is 38.3 Å². The van der Waals surface area contributed by atoms with Crippen molar-refractivity contribution in [2.24, 2.45) is 0 Å². The second-order valence-electron chi connectivity index (χ2n) is 6.84. The summed E-state index contributed by atoms with van der Waals surface area (Å²) in [7, 11) is 1.61. The van der Waals surface area contributed by atoms with E-state index in [-0.39, 0.29) is 12.5 Å². The molecule has 3 rings (SSSR count). The van der Waals surface area contributed by atoms with Crippen LogP contribution in [-0.4, -0.2) is 55.6 Å². The summed E-state index contributed by atoms with van der Waals surface area (Å²) in [5.41, 5.74) is 2.34. The van der Waals surface area contributed by atoms with Gasteiger partial charge in [0.15, 0.2) is 18.1 Å². The fourth-order valence-corrected chi connectivity index (χ4v) is 3.33. The van der Waals surface area contributed by atoms with Crippen molar-refractivity contribution >= 4 is 12.0 Å². The Morgan fingerprint density at radius 3 is 2.46 bits per heavy atom. The highest BCUT2D eigenvalue weighted by atomic mass is 16.5. The lowest BCUT2D eigenvalue weighted by Crippen LogP contribution is -2.49. The van der Waals surface area contributed by atoms with Crippen LogP contribution in [0.2, 0.25) is 0 Å². The maximum absolute atomic E-state index is 12.5. The van der Waals surface area contributed by atoms with E-state index < -0.39 is 0 Å². The zero-order valence-electron chi connectivity index (χ0n) is 16.6. The average Bonchev–Trinajstić information content (AvgIpc) is 2.74. The summed E-state index contributed by atoms with van der Waals surface area (Å²) in [6, 6.07) is 16.1. The fourth-order valence-electron chi connectivity index (χ4n) is 3.33. The minimum Gasteiger partial charge on any atom is -0.493 e. The third-order valence-corrected chi connectivity index (χ3v) is 4.87. The van der Waals surface area contributed by atoms with Crippen LogP contribution in [0.4, 0.5) is 0 Å². The number of allylic oxidation sites excluding steroid dienone is 1. The van der Waals surface area contributed by atoms with Crippen molar-refractivity contribution in [3.63, 3.8) is 0 Å². The smallest absolute Gasteiger partial charge is 0.260 e. The van der Waals surface area contributed by atoms with Crippen molar-refractivity contribution in [2.75, 3.05) is 39.9 Å². The first-order valence-corrected chi connectivity index (χ1v) is 9.67. The predicted molar refractivity (Wildman–Crippen MR) is 111 cm³/mol. The molecule has 1 aliphatic heterocycles. The molecule has 148 valence electrons. The van der Waals surface area contributed by atoms with E-state index in [1.54, 1.807) is 7.11 Å². The van der Waals surface area contributed by atoms with Crippen LogP contribution >= 0.6 is 0 Å². The van der Waals surface area contributed by atoms with Gasteiger partial charge in [-0.2, -0.15) is 0 Å². The minimum atomic E-state index is 0.0129. The second kappa shape index (κ2) is 9.95. The number of nitrogens with zero attached hydrogens (tertiary/aromatic N) is 2. The fraction of sp³-hybridized carbons (Fsp3) is 0.348. The van der Waals surface area contributed by atoms with Gasteiger partial charge in [-0.15, -0.1) is 0 Å². The van der Waals surface area contributed by atoms with Gasteiger partial charge in [0.25, 0.3) is 5.91 Å². The molecule has 1 aliphatic rings. The molecule has 5 nitrogen and oxygen atoms in total. The molecule has 1 saturated heterocycles. The maximum atomic E-state index is 12.5. The van der Waals surface area contributed by atoms with Gasteiger partial charge >= 0.3 is 0 Å². The van der Waals surface area contributed by atoms with Gasteiger partial charge in [-0.05, 0) is 30.2 Å². The van der Waals surface area contributed by atoms with Gasteiger partial charge in [-0.25, -0.2) is 0 Å². The van der Waals surface area contributed by atoms with E-state index in [0.29, 0.717) is 11.5 Å². The van der Waals surface area contributed by atoms with Crippen LogP contribution in [0.3, 0.4) is 0 Å². The van der Waals surface area contributed by atoms with Gasteiger partial charge < -0.3 is 14.4 Å². The predicted octanol–water partition coefficient (Wildman–Crippen LogP) is 3.45. The van der Waals surface area contributed by atoms with Crippen molar-refractivity contribution in [3.8, 4) is 11.5 Å². The number of benzene rings is 2. The Hall–Kier alpha value is -2.79. The van der Waals surface area contributed by atoms with Gasteiger partial charge in [-0.1, -0.05) is 48.6 Å². The molecule has 0 N–H and O–H groups in total. The van der Waals surface area contributed by atoms with Crippen LogP contribution in [0.15, 0.2) is 54.6 Å². The monoisotopic (exact) mass is 380 g/mol. The van der Waals surface area contributed by atoms with Crippen molar-refractivity contribution in [1.29, 1.82) is 0 Å². The minimum absolute atomic E-state index is 0.0129. The number of carbonyl (C=O) groups is 1.